The van der Waals surface area contributed by atoms with Crippen molar-refractivity contribution >= 4 is 23.7 Å². The maximum absolute atomic E-state index is 12.1. The fraction of sp³-hybridized carbons (Fsp3) is 0.250. The molecule has 0 radical (unpaired) electrons. The van der Waals surface area contributed by atoms with Gasteiger partial charge in [0, 0.05) is 0 Å². The lowest BCUT2D eigenvalue weighted by Gasteiger charge is -2.19. The SMILES string of the molecule is Cc1nc(C(=O)N(CC(N)=O)CC(N)=O)ccc1C(=O)O. The highest BCUT2D eigenvalue weighted by Crippen LogP contribution is 2.09. The second kappa shape index (κ2) is 6.46. The topological polar surface area (TPSA) is 157 Å². The van der Waals surface area contributed by atoms with Crippen LogP contribution in [0.5, 0.6) is 0 Å². The molecule has 0 bridgehead atoms. The zero-order valence-corrected chi connectivity index (χ0v) is 11.2. The standard InChI is InChI=1S/C12H14N4O5/c1-6-7(12(20)21)2-3-8(15-6)11(19)16(4-9(13)17)5-10(14)18/h2-3H,4-5H2,1H3,(H2,13,17)(H2,14,18)(H,20,21). The summed E-state index contributed by atoms with van der Waals surface area (Å²) in [6.45, 7) is 0.430. The number of amides is 3. The number of carbonyl (C=O) groups excluding carboxylic acids is 3. The highest BCUT2D eigenvalue weighted by atomic mass is 16.4. The first-order valence-electron chi connectivity index (χ1n) is 5.79. The van der Waals surface area contributed by atoms with E-state index in [0.29, 0.717) is 0 Å². The number of aromatic nitrogens is 1. The zero-order chi connectivity index (χ0) is 16.2. The molecule has 0 aliphatic heterocycles. The second-order valence-electron chi connectivity index (χ2n) is 4.23. The summed E-state index contributed by atoms with van der Waals surface area (Å²) in [7, 11) is 0. The van der Waals surface area contributed by atoms with E-state index >= 15 is 0 Å². The van der Waals surface area contributed by atoms with Gasteiger partial charge in [-0.1, -0.05) is 0 Å². The third-order valence-corrected chi connectivity index (χ3v) is 2.52. The van der Waals surface area contributed by atoms with Crippen LogP contribution < -0.4 is 11.5 Å². The number of carboxylic acids is 1. The smallest absolute Gasteiger partial charge is 0.337 e. The molecule has 1 aromatic rings. The number of nitrogens with zero attached hydrogens (tertiary/aromatic N) is 2. The summed E-state index contributed by atoms with van der Waals surface area (Å²) >= 11 is 0. The predicted octanol–water partition coefficient (Wildman–Crippen LogP) is -1.50. The molecule has 112 valence electrons. The minimum atomic E-state index is -1.18. The number of nitrogens with two attached hydrogens (primary N) is 2. The van der Waals surface area contributed by atoms with Crippen LogP contribution in [0.4, 0.5) is 0 Å². The van der Waals surface area contributed by atoms with Gasteiger partial charge in [0.05, 0.1) is 11.3 Å². The van der Waals surface area contributed by atoms with Crippen molar-refractivity contribution in [3.8, 4) is 0 Å². The van der Waals surface area contributed by atoms with Crippen molar-refractivity contribution in [2.75, 3.05) is 13.1 Å². The molecule has 1 heterocycles. The zero-order valence-electron chi connectivity index (χ0n) is 11.2. The Balaban J connectivity index is 3.08. The molecular weight excluding hydrogens is 280 g/mol. The molecule has 1 aromatic heterocycles. The molecule has 9 heteroatoms. The Bertz CT molecular complexity index is 598. The van der Waals surface area contributed by atoms with Crippen LogP contribution in [0.25, 0.3) is 0 Å². The second-order valence-corrected chi connectivity index (χ2v) is 4.23. The van der Waals surface area contributed by atoms with Crippen LogP contribution in [0.15, 0.2) is 12.1 Å². The third kappa shape index (κ3) is 4.27. The fourth-order valence-electron chi connectivity index (χ4n) is 1.64. The van der Waals surface area contributed by atoms with Crippen LogP contribution in [0.1, 0.15) is 26.5 Å². The molecule has 1 rings (SSSR count). The Labute approximate surface area is 119 Å². The molecule has 0 atom stereocenters. The number of carboxylic acid groups (broad SMARTS) is 1. The van der Waals surface area contributed by atoms with E-state index < -0.39 is 36.8 Å². The van der Waals surface area contributed by atoms with Crippen molar-refractivity contribution in [1.29, 1.82) is 0 Å². The number of aromatic carboxylic acids is 1. The molecule has 5 N–H and O–H groups in total. The van der Waals surface area contributed by atoms with Gasteiger partial charge in [0.15, 0.2) is 0 Å². The minimum absolute atomic E-state index is 0.0529. The van der Waals surface area contributed by atoms with Crippen LogP contribution >= 0.6 is 0 Å². The van der Waals surface area contributed by atoms with Crippen molar-refractivity contribution in [2.45, 2.75) is 6.92 Å². The Morgan fingerprint density at radius 2 is 1.67 bits per heavy atom. The quantitative estimate of drug-likeness (QED) is 0.579. The average Bonchev–Trinajstić information content (AvgIpc) is 2.35. The molecular formula is C12H14N4O5. The molecule has 0 saturated heterocycles. The summed E-state index contributed by atoms with van der Waals surface area (Å²) in [4.78, 5) is 49.5. The summed E-state index contributed by atoms with van der Waals surface area (Å²) in [6.07, 6.45) is 0. The number of rotatable bonds is 6. The van der Waals surface area contributed by atoms with Crippen LogP contribution in [0, 0.1) is 6.92 Å². The van der Waals surface area contributed by atoms with Gasteiger partial charge in [0.1, 0.15) is 18.8 Å². The maximum atomic E-state index is 12.1. The molecule has 0 aromatic carbocycles. The number of hydrogen-bond acceptors (Lipinski definition) is 5. The first-order valence-corrected chi connectivity index (χ1v) is 5.79. The highest BCUT2D eigenvalue weighted by Gasteiger charge is 2.22. The van der Waals surface area contributed by atoms with Crippen molar-refractivity contribution in [3.63, 3.8) is 0 Å². The fourth-order valence-corrected chi connectivity index (χ4v) is 1.64. The Kier molecular flexibility index (Phi) is 4.95. The van der Waals surface area contributed by atoms with Gasteiger partial charge in [0.25, 0.3) is 5.91 Å². The maximum Gasteiger partial charge on any atom is 0.337 e. The average molecular weight is 294 g/mol. The summed E-state index contributed by atoms with van der Waals surface area (Å²) in [5.74, 6) is -3.55. The van der Waals surface area contributed by atoms with Crippen molar-refractivity contribution in [1.82, 2.24) is 9.88 Å². The van der Waals surface area contributed by atoms with Gasteiger partial charge >= 0.3 is 5.97 Å². The van der Waals surface area contributed by atoms with E-state index in [0.717, 1.165) is 4.90 Å². The summed E-state index contributed by atoms with van der Waals surface area (Å²) in [6, 6.07) is 2.40. The Morgan fingerprint density at radius 3 is 2.05 bits per heavy atom. The number of hydrogen-bond donors (Lipinski definition) is 3. The van der Waals surface area contributed by atoms with Gasteiger partial charge in [-0.2, -0.15) is 0 Å². The summed E-state index contributed by atoms with van der Waals surface area (Å²) in [5, 5.41) is 8.88. The molecule has 0 aliphatic carbocycles. The summed E-state index contributed by atoms with van der Waals surface area (Å²) < 4.78 is 0. The lowest BCUT2D eigenvalue weighted by molar-refractivity contribution is -0.121. The van der Waals surface area contributed by atoms with E-state index in [1.165, 1.54) is 19.1 Å². The van der Waals surface area contributed by atoms with E-state index in [4.69, 9.17) is 16.6 Å². The molecule has 3 amide bonds. The number of pyridine rings is 1. The van der Waals surface area contributed by atoms with Gasteiger partial charge in [-0.05, 0) is 19.1 Å². The minimum Gasteiger partial charge on any atom is -0.478 e. The number of carbonyl (C=O) groups is 4. The van der Waals surface area contributed by atoms with E-state index in [2.05, 4.69) is 4.98 Å². The number of primary amides is 2. The third-order valence-electron chi connectivity index (χ3n) is 2.52. The van der Waals surface area contributed by atoms with Crippen molar-refractivity contribution in [2.24, 2.45) is 11.5 Å². The van der Waals surface area contributed by atoms with Gasteiger partial charge < -0.3 is 21.5 Å². The molecule has 9 nitrogen and oxygen atoms in total. The normalized spacial score (nSPS) is 9.95. The number of aryl methyl sites for hydroxylation is 1. The molecule has 21 heavy (non-hydrogen) atoms. The Hall–Kier alpha value is -2.97. The van der Waals surface area contributed by atoms with Gasteiger partial charge in [0.2, 0.25) is 11.8 Å². The highest BCUT2D eigenvalue weighted by molar-refractivity contribution is 5.98. The molecule has 0 unspecified atom stereocenters. The predicted molar refractivity (Wildman–Crippen MR) is 70.2 cm³/mol. The lowest BCUT2D eigenvalue weighted by Crippen LogP contribution is -2.43. The van der Waals surface area contributed by atoms with E-state index in [1.807, 2.05) is 0 Å². The van der Waals surface area contributed by atoms with Gasteiger partial charge in [-0.3, -0.25) is 14.4 Å². The molecule has 0 saturated carbocycles. The van der Waals surface area contributed by atoms with E-state index in [9.17, 15) is 19.2 Å². The van der Waals surface area contributed by atoms with Crippen molar-refractivity contribution in [3.05, 3.63) is 29.1 Å². The van der Waals surface area contributed by atoms with Crippen LogP contribution in [0.3, 0.4) is 0 Å². The van der Waals surface area contributed by atoms with Gasteiger partial charge in [-0.15, -0.1) is 0 Å². The van der Waals surface area contributed by atoms with E-state index in [1.54, 1.807) is 0 Å². The Morgan fingerprint density at radius 1 is 1.14 bits per heavy atom. The summed E-state index contributed by atoms with van der Waals surface area (Å²) in [5.41, 5.74) is 9.96. The van der Waals surface area contributed by atoms with E-state index in [-0.39, 0.29) is 17.0 Å². The molecule has 0 aliphatic rings. The monoisotopic (exact) mass is 294 g/mol. The van der Waals surface area contributed by atoms with Crippen molar-refractivity contribution < 1.29 is 24.3 Å². The first-order chi connectivity index (χ1) is 9.72. The van der Waals surface area contributed by atoms with Crippen LogP contribution in [0.2, 0.25) is 0 Å². The van der Waals surface area contributed by atoms with Crippen LogP contribution in [-0.2, 0) is 9.59 Å². The first kappa shape index (κ1) is 16.1. The molecule has 0 fully saturated rings. The van der Waals surface area contributed by atoms with Crippen LogP contribution in [-0.4, -0.2) is 51.8 Å². The largest absolute Gasteiger partial charge is 0.478 e. The lowest BCUT2D eigenvalue weighted by atomic mass is 10.2. The van der Waals surface area contributed by atoms with Gasteiger partial charge in [-0.25, -0.2) is 9.78 Å². The molecule has 0 spiro atoms.